The predicted octanol–water partition coefficient (Wildman–Crippen LogP) is 4.83. The van der Waals surface area contributed by atoms with E-state index >= 15 is 0 Å². The lowest BCUT2D eigenvalue weighted by atomic mass is 9.87. The van der Waals surface area contributed by atoms with Gasteiger partial charge in [-0.05, 0) is 98.1 Å². The fourth-order valence-corrected chi connectivity index (χ4v) is 13.4. The van der Waals surface area contributed by atoms with E-state index in [1.54, 1.807) is 85.0 Å². The second kappa shape index (κ2) is 54.2. The van der Waals surface area contributed by atoms with E-state index in [1.165, 1.54) is 6.08 Å². The van der Waals surface area contributed by atoms with E-state index < -0.39 is 65.8 Å². The highest BCUT2D eigenvalue weighted by atomic mass is 33.1. The van der Waals surface area contributed by atoms with E-state index in [4.69, 9.17) is 67.1 Å². The fourth-order valence-electron chi connectivity index (χ4n) is 11.6. The minimum atomic E-state index is -1.08. The van der Waals surface area contributed by atoms with Gasteiger partial charge in [-0.2, -0.15) is 4.98 Å². The number of nitrogens with zero attached hydrogens (tertiary/aromatic N) is 3. The van der Waals surface area contributed by atoms with E-state index in [0.717, 1.165) is 17.0 Å². The topological polar surface area (TPSA) is 445 Å². The minimum absolute atomic E-state index is 0.000245. The third-order valence-corrected chi connectivity index (χ3v) is 20.2. The third-order valence-electron chi connectivity index (χ3n) is 18.0. The number of benzene rings is 1. The standard InChI is InChI=1S/C77H118N12O22S2/c1-52(2)70(88-67(92)23-30-99-32-34-101-36-38-103-40-42-105-44-45-106-43-41-104-39-37-102-35-33-100-31-29-80-65(90)24-46-112-113-69-12-8-9-25-81-69)74(96)87-61(11-10-26-82-75(78)97)73(95)85-59-18-16-58(17-19-59)50-107-76(98)83-28-27-79-68(93)48-60-49-77(51-108-77)71(94)64(110-60)21-14-53(3)13-20-63-55(5)47-62(56(6)109-63)86-66(91)22-15-54(4)72-84-57(7)111-89-72/h8-9,12-19,21-22,25,52,54-56,60-64,70-71,94H,10-11,20,23-24,26-51H2,1-7H3,(H,79,93)(H,80,90)(H,83,98)(H,85,95)(H,86,91)(H,87,96)(H,88,92)(H3,78,82,97)/b21-14+,22-15-,53-13+/t54?,55-,56+,60+,61-,62+,63-,64+,70-,71+,77+/m0/s1. The van der Waals surface area contributed by atoms with Gasteiger partial charge in [0, 0.05) is 75.9 Å². The molecule has 1 aromatic carbocycles. The summed E-state index contributed by atoms with van der Waals surface area (Å²) in [4.78, 5) is 111. The number of primary amides is 1. The molecule has 36 heteroatoms. The van der Waals surface area contributed by atoms with Crippen molar-refractivity contribution in [1.29, 1.82) is 0 Å². The van der Waals surface area contributed by atoms with Crippen LogP contribution >= 0.6 is 21.6 Å². The van der Waals surface area contributed by atoms with Crippen LogP contribution in [-0.2, 0) is 92.2 Å². The van der Waals surface area contributed by atoms with Gasteiger partial charge in [0.1, 0.15) is 41.5 Å². The highest BCUT2D eigenvalue weighted by molar-refractivity contribution is 8.76. The number of rotatable bonds is 57. The number of hydrogen-bond donors (Lipinski definition) is 10. The Balaban J connectivity index is 0.753. The lowest BCUT2D eigenvalue weighted by molar-refractivity contribution is -0.145. The Kier molecular flexibility index (Phi) is 45.2. The van der Waals surface area contributed by atoms with Crippen LogP contribution in [0.15, 0.2) is 94.2 Å². The summed E-state index contributed by atoms with van der Waals surface area (Å²) in [5.74, 6) is -0.871. The van der Waals surface area contributed by atoms with Gasteiger partial charge < -0.3 is 115 Å². The summed E-state index contributed by atoms with van der Waals surface area (Å²) in [6.45, 7) is 19.9. The Morgan fingerprint density at radius 1 is 0.717 bits per heavy atom. The van der Waals surface area contributed by atoms with E-state index in [1.807, 2.05) is 45.0 Å². The zero-order valence-electron chi connectivity index (χ0n) is 66.0. The second-order valence-electron chi connectivity index (χ2n) is 27.6. The minimum Gasteiger partial charge on any atom is -0.445 e. The molecule has 3 aliphatic heterocycles. The first-order valence-corrected chi connectivity index (χ1v) is 40.9. The van der Waals surface area contributed by atoms with Crippen molar-refractivity contribution in [3.05, 3.63) is 102 Å². The number of allylic oxidation sites excluding steroid dienone is 3. The maximum absolute atomic E-state index is 13.7. The predicted molar refractivity (Wildman–Crippen MR) is 420 cm³/mol. The number of pyridine rings is 1. The van der Waals surface area contributed by atoms with Crippen molar-refractivity contribution < 1.29 is 105 Å². The van der Waals surface area contributed by atoms with Gasteiger partial charge in [0.2, 0.25) is 41.3 Å². The zero-order chi connectivity index (χ0) is 81.4. The molecule has 0 bridgehead atoms. The third kappa shape index (κ3) is 39.5. The van der Waals surface area contributed by atoms with Crippen LogP contribution in [0.4, 0.5) is 15.3 Å². The number of aryl methyl sites for hydroxylation is 1. The number of aliphatic hydroxyl groups excluding tert-OH is 1. The quantitative estimate of drug-likeness (QED) is 0.0119. The number of nitrogens with one attached hydrogen (secondary N) is 8. The van der Waals surface area contributed by atoms with Crippen LogP contribution in [0, 0.1) is 18.8 Å². The Hall–Kier alpha value is -7.69. The van der Waals surface area contributed by atoms with Gasteiger partial charge >= 0.3 is 12.1 Å². The molecule has 3 fully saturated rings. The molecule has 5 heterocycles. The summed E-state index contributed by atoms with van der Waals surface area (Å²) in [5.41, 5.74) is 6.34. The normalized spacial score (nSPS) is 20.3. The summed E-state index contributed by atoms with van der Waals surface area (Å²) < 4.78 is 73.1. The number of alkyl carbamates (subject to hydrolysis) is 1. The highest BCUT2D eigenvalue weighted by Gasteiger charge is 2.58. The smallest absolute Gasteiger partial charge is 0.407 e. The van der Waals surface area contributed by atoms with E-state index in [9.17, 15) is 43.5 Å². The largest absolute Gasteiger partial charge is 0.445 e. The first kappa shape index (κ1) is 94.2. The van der Waals surface area contributed by atoms with Gasteiger partial charge in [-0.3, -0.25) is 28.8 Å². The van der Waals surface area contributed by atoms with Crippen molar-refractivity contribution >= 4 is 74.8 Å². The average molecular weight is 1630 g/mol. The number of hydrogen-bond acceptors (Lipinski definition) is 27. The molecule has 0 radical (unpaired) electrons. The molecular weight excluding hydrogens is 1510 g/mol. The molecule has 1 spiro atoms. The second-order valence-corrected chi connectivity index (χ2v) is 30.1. The molecule has 0 saturated carbocycles. The summed E-state index contributed by atoms with van der Waals surface area (Å²) in [6.07, 6.45) is 9.96. The van der Waals surface area contributed by atoms with Crippen LogP contribution < -0.4 is 48.3 Å². The Morgan fingerprint density at radius 3 is 1.95 bits per heavy atom. The van der Waals surface area contributed by atoms with Crippen LogP contribution in [0.2, 0.25) is 0 Å². The average Bonchev–Trinajstić information content (AvgIpc) is 1.60. The molecule has 6 rings (SSSR count). The van der Waals surface area contributed by atoms with Gasteiger partial charge in [0.25, 0.3) is 0 Å². The number of ether oxygens (including phenoxy) is 12. The van der Waals surface area contributed by atoms with Crippen LogP contribution in [0.5, 0.6) is 0 Å². The highest BCUT2D eigenvalue weighted by Crippen LogP contribution is 2.43. The Bertz CT molecular complexity index is 3400. The summed E-state index contributed by atoms with van der Waals surface area (Å²) in [6, 6.07) is 9.23. The number of amides is 9. The van der Waals surface area contributed by atoms with E-state index in [-0.39, 0.29) is 125 Å². The molecule has 1 unspecified atom stereocenters. The monoisotopic (exact) mass is 1630 g/mol. The number of nitrogens with two attached hydrogens (primary N) is 1. The van der Waals surface area contributed by atoms with Crippen molar-refractivity contribution in [2.45, 2.75) is 172 Å². The first-order chi connectivity index (χ1) is 54.6. The summed E-state index contributed by atoms with van der Waals surface area (Å²) >= 11 is 0. The van der Waals surface area contributed by atoms with Crippen LogP contribution in [0.25, 0.3) is 0 Å². The Labute approximate surface area is 669 Å². The molecule has 113 heavy (non-hydrogen) atoms. The lowest BCUT2D eigenvalue weighted by Crippen LogP contribution is -2.54. The van der Waals surface area contributed by atoms with Crippen LogP contribution in [-0.4, -0.2) is 266 Å². The van der Waals surface area contributed by atoms with Gasteiger partial charge in [0.05, 0.1) is 143 Å². The molecule has 2 aromatic heterocycles. The SMILES string of the molecule is CC(/C=C/[C@H]1O[C@H](CC(=O)NCCNC(=O)OCc2ccc(NC(=O)[C@H](CCCNC(N)=O)NC(=O)[C@@H](NC(=O)CCOCCOCCOCCOCCOCCOCCOCCOCCNC(=O)CCSSc3ccccn3)C(C)C)cc2)C[C@@]2(CO2)[C@@H]1O)=C\C[C@@H]1O[C@H](C)[C@H](NC(=O)/C=C\C(C)c2noc(C)n2)C[C@@H]1C. The number of urea groups is 1. The summed E-state index contributed by atoms with van der Waals surface area (Å²) in [7, 11) is 3.15. The molecule has 3 aromatic rings. The van der Waals surface area contributed by atoms with Crippen LogP contribution in [0.3, 0.4) is 0 Å². The van der Waals surface area contributed by atoms with Gasteiger partial charge in [-0.1, -0.05) is 91.7 Å². The van der Waals surface area contributed by atoms with Crippen molar-refractivity contribution in [2.75, 3.05) is 150 Å². The molecule has 11 atom stereocenters. The van der Waals surface area contributed by atoms with Crippen molar-refractivity contribution in [1.82, 2.24) is 52.3 Å². The molecule has 630 valence electrons. The maximum atomic E-state index is 13.7. The molecule has 34 nitrogen and oxygen atoms in total. The van der Waals surface area contributed by atoms with Gasteiger partial charge in [-0.15, -0.1) is 0 Å². The Morgan fingerprint density at radius 2 is 1.35 bits per heavy atom. The number of aliphatic hydroxyl groups is 1. The number of carbonyl (C=O) groups excluding carboxylic acids is 8. The number of anilines is 1. The van der Waals surface area contributed by atoms with Crippen LogP contribution in [0.1, 0.15) is 116 Å². The summed E-state index contributed by atoms with van der Waals surface area (Å²) in [5, 5.41) is 38.2. The number of epoxide rings is 1. The molecule has 11 N–H and O–H groups in total. The van der Waals surface area contributed by atoms with E-state index in [2.05, 4.69) is 70.7 Å². The first-order valence-electron chi connectivity index (χ1n) is 38.6. The lowest BCUT2D eigenvalue weighted by Gasteiger charge is -2.39. The fraction of sp³-hybridized carbons (Fsp3) is 0.649. The maximum Gasteiger partial charge on any atom is 0.407 e. The molecule has 0 aliphatic carbocycles. The molecule has 9 amide bonds. The van der Waals surface area contributed by atoms with Crippen molar-refractivity contribution in [3.63, 3.8) is 0 Å². The molecular formula is C77H118N12O22S2. The van der Waals surface area contributed by atoms with E-state index in [0.29, 0.717) is 147 Å². The number of aromatic nitrogens is 3. The van der Waals surface area contributed by atoms with Crippen molar-refractivity contribution in [2.24, 2.45) is 17.6 Å². The molecule has 3 aliphatic rings. The number of carbonyl (C=O) groups is 8. The zero-order valence-corrected chi connectivity index (χ0v) is 67.7. The molecule has 3 saturated heterocycles. The van der Waals surface area contributed by atoms with Crippen molar-refractivity contribution in [3.8, 4) is 0 Å². The van der Waals surface area contributed by atoms with Gasteiger partial charge in [0.15, 0.2) is 5.82 Å². The van der Waals surface area contributed by atoms with Gasteiger partial charge in [-0.25, -0.2) is 14.6 Å².